The molecule has 0 saturated heterocycles. The molecule has 0 saturated carbocycles. The van der Waals surface area contributed by atoms with E-state index in [4.69, 9.17) is 4.42 Å². The van der Waals surface area contributed by atoms with E-state index >= 15 is 0 Å². The number of aromatic nitrogens is 4. The van der Waals surface area contributed by atoms with Crippen LogP contribution in [0.1, 0.15) is 5.56 Å². The Morgan fingerprint density at radius 1 is 1.00 bits per heavy atom. The maximum absolute atomic E-state index is 13.0. The Morgan fingerprint density at radius 3 is 2.62 bits per heavy atom. The summed E-state index contributed by atoms with van der Waals surface area (Å²) in [5.41, 5.74) is 2.92. The Labute approximate surface area is 148 Å². The minimum absolute atomic E-state index is 0.265. The number of furan rings is 1. The maximum Gasteiger partial charge on any atom is 0.223 e. The van der Waals surface area contributed by atoms with Gasteiger partial charge in [0.1, 0.15) is 11.5 Å². The number of anilines is 1. The van der Waals surface area contributed by atoms with Crippen LogP contribution < -0.4 is 5.32 Å². The molecule has 3 aromatic heterocycles. The SMILES string of the molecule is Fc1ccc(CNc2ncc(-c3cnccn3)c(-c3ccco3)n2)cc1. The molecule has 26 heavy (non-hydrogen) atoms. The van der Waals surface area contributed by atoms with Crippen LogP contribution in [-0.2, 0) is 6.54 Å². The van der Waals surface area contributed by atoms with Crippen LogP contribution in [-0.4, -0.2) is 19.9 Å². The van der Waals surface area contributed by atoms with Crippen molar-refractivity contribution in [1.82, 2.24) is 19.9 Å². The molecule has 0 amide bonds. The van der Waals surface area contributed by atoms with Gasteiger partial charge in [0.2, 0.25) is 5.95 Å². The number of hydrogen-bond donors (Lipinski definition) is 1. The molecule has 0 radical (unpaired) electrons. The van der Waals surface area contributed by atoms with Crippen LogP contribution in [0.15, 0.2) is 71.9 Å². The third-order valence-corrected chi connectivity index (χ3v) is 3.75. The Balaban J connectivity index is 1.65. The molecule has 0 aliphatic rings. The first-order valence-corrected chi connectivity index (χ1v) is 7.95. The maximum atomic E-state index is 13.0. The fraction of sp³-hybridized carbons (Fsp3) is 0.0526. The minimum Gasteiger partial charge on any atom is -0.463 e. The predicted molar refractivity (Wildman–Crippen MR) is 94.5 cm³/mol. The molecule has 4 aromatic rings. The molecule has 4 rings (SSSR count). The number of halogens is 1. The summed E-state index contributed by atoms with van der Waals surface area (Å²) in [6.07, 6.45) is 8.14. The van der Waals surface area contributed by atoms with E-state index in [1.165, 1.54) is 12.1 Å². The van der Waals surface area contributed by atoms with Gasteiger partial charge in [-0.15, -0.1) is 0 Å². The number of benzene rings is 1. The van der Waals surface area contributed by atoms with Gasteiger partial charge in [-0.25, -0.2) is 14.4 Å². The van der Waals surface area contributed by atoms with Crippen molar-refractivity contribution in [1.29, 1.82) is 0 Å². The number of rotatable bonds is 5. The summed E-state index contributed by atoms with van der Waals surface area (Å²) in [6, 6.07) is 9.88. The van der Waals surface area contributed by atoms with Crippen molar-refractivity contribution in [2.24, 2.45) is 0 Å². The molecule has 6 nitrogen and oxygen atoms in total. The van der Waals surface area contributed by atoms with Gasteiger partial charge in [-0.05, 0) is 29.8 Å². The summed E-state index contributed by atoms with van der Waals surface area (Å²) >= 11 is 0. The molecule has 3 heterocycles. The molecule has 0 fully saturated rings. The lowest BCUT2D eigenvalue weighted by molar-refractivity contribution is 0.580. The highest BCUT2D eigenvalue weighted by molar-refractivity contribution is 5.76. The van der Waals surface area contributed by atoms with E-state index in [9.17, 15) is 4.39 Å². The highest BCUT2D eigenvalue weighted by Gasteiger charge is 2.15. The van der Waals surface area contributed by atoms with E-state index in [1.807, 2.05) is 6.07 Å². The molecule has 0 bridgehead atoms. The number of hydrogen-bond acceptors (Lipinski definition) is 6. The van der Waals surface area contributed by atoms with Crippen LogP contribution in [0.25, 0.3) is 22.7 Å². The second-order valence-electron chi connectivity index (χ2n) is 5.50. The molecule has 0 aliphatic carbocycles. The summed E-state index contributed by atoms with van der Waals surface area (Å²) in [4.78, 5) is 17.3. The van der Waals surface area contributed by atoms with E-state index in [0.717, 1.165) is 11.1 Å². The molecule has 0 unspecified atom stereocenters. The summed E-state index contributed by atoms with van der Waals surface area (Å²) < 4.78 is 18.5. The van der Waals surface area contributed by atoms with E-state index < -0.39 is 0 Å². The molecule has 1 aromatic carbocycles. The van der Waals surface area contributed by atoms with Gasteiger partial charge >= 0.3 is 0 Å². The first kappa shape index (κ1) is 15.9. The van der Waals surface area contributed by atoms with E-state index in [1.54, 1.807) is 49.2 Å². The van der Waals surface area contributed by atoms with Gasteiger partial charge in [0.05, 0.1) is 18.2 Å². The van der Waals surface area contributed by atoms with Gasteiger partial charge in [0, 0.05) is 30.7 Å². The lowest BCUT2D eigenvalue weighted by Gasteiger charge is -2.09. The molecule has 0 aliphatic heterocycles. The zero-order chi connectivity index (χ0) is 17.8. The van der Waals surface area contributed by atoms with Crippen molar-refractivity contribution in [2.45, 2.75) is 6.54 Å². The molecule has 128 valence electrons. The van der Waals surface area contributed by atoms with Gasteiger partial charge in [-0.2, -0.15) is 0 Å². The van der Waals surface area contributed by atoms with Crippen molar-refractivity contribution in [3.63, 3.8) is 0 Å². The van der Waals surface area contributed by atoms with Crippen molar-refractivity contribution < 1.29 is 8.81 Å². The lowest BCUT2D eigenvalue weighted by atomic mass is 10.1. The lowest BCUT2D eigenvalue weighted by Crippen LogP contribution is -2.05. The van der Waals surface area contributed by atoms with Crippen molar-refractivity contribution >= 4 is 5.95 Å². The molecule has 1 N–H and O–H groups in total. The van der Waals surface area contributed by atoms with Gasteiger partial charge < -0.3 is 9.73 Å². The van der Waals surface area contributed by atoms with Gasteiger partial charge in [0.15, 0.2) is 5.76 Å². The van der Waals surface area contributed by atoms with Crippen molar-refractivity contribution in [3.05, 3.63) is 78.8 Å². The van der Waals surface area contributed by atoms with Crippen LogP contribution in [0.4, 0.5) is 10.3 Å². The number of nitrogens with zero attached hydrogens (tertiary/aromatic N) is 4. The average molecular weight is 347 g/mol. The van der Waals surface area contributed by atoms with Crippen molar-refractivity contribution in [2.75, 3.05) is 5.32 Å². The van der Waals surface area contributed by atoms with Gasteiger partial charge in [-0.3, -0.25) is 9.97 Å². The Bertz CT molecular complexity index is 988. The fourth-order valence-corrected chi connectivity index (χ4v) is 2.48. The Hall–Kier alpha value is -3.61. The normalized spacial score (nSPS) is 10.7. The third-order valence-electron chi connectivity index (χ3n) is 3.75. The van der Waals surface area contributed by atoms with Crippen LogP contribution in [0.3, 0.4) is 0 Å². The minimum atomic E-state index is -0.265. The Morgan fingerprint density at radius 2 is 1.88 bits per heavy atom. The fourth-order valence-electron chi connectivity index (χ4n) is 2.48. The van der Waals surface area contributed by atoms with E-state index in [0.29, 0.717) is 29.6 Å². The highest BCUT2D eigenvalue weighted by atomic mass is 19.1. The first-order valence-electron chi connectivity index (χ1n) is 7.95. The first-order chi connectivity index (χ1) is 12.8. The second kappa shape index (κ2) is 7.10. The van der Waals surface area contributed by atoms with Crippen molar-refractivity contribution in [3.8, 4) is 22.7 Å². The quantitative estimate of drug-likeness (QED) is 0.589. The monoisotopic (exact) mass is 347 g/mol. The molecular weight excluding hydrogens is 333 g/mol. The van der Waals surface area contributed by atoms with Crippen LogP contribution in [0.5, 0.6) is 0 Å². The standard InChI is InChI=1S/C19H14FN5O/c20-14-5-3-13(4-6-14)10-23-19-24-11-15(16-12-21-7-8-22-16)18(25-19)17-2-1-9-26-17/h1-9,11-12H,10H2,(H,23,24,25). The summed E-state index contributed by atoms with van der Waals surface area (Å²) in [7, 11) is 0. The molecule has 7 heteroatoms. The summed E-state index contributed by atoms with van der Waals surface area (Å²) in [5, 5.41) is 3.14. The van der Waals surface area contributed by atoms with E-state index in [-0.39, 0.29) is 5.82 Å². The molecule has 0 spiro atoms. The zero-order valence-electron chi connectivity index (χ0n) is 13.6. The summed E-state index contributed by atoms with van der Waals surface area (Å²) in [6.45, 7) is 0.475. The van der Waals surface area contributed by atoms with Gasteiger partial charge in [0.25, 0.3) is 0 Å². The van der Waals surface area contributed by atoms with E-state index in [2.05, 4.69) is 25.3 Å². The second-order valence-corrected chi connectivity index (χ2v) is 5.50. The largest absolute Gasteiger partial charge is 0.463 e. The van der Waals surface area contributed by atoms with Crippen LogP contribution in [0, 0.1) is 5.82 Å². The topological polar surface area (TPSA) is 76.7 Å². The highest BCUT2D eigenvalue weighted by Crippen LogP contribution is 2.29. The molecule has 0 atom stereocenters. The average Bonchev–Trinajstić information content (AvgIpc) is 3.23. The smallest absolute Gasteiger partial charge is 0.223 e. The van der Waals surface area contributed by atoms with Crippen LogP contribution in [0.2, 0.25) is 0 Å². The Kier molecular flexibility index (Phi) is 4.34. The summed E-state index contributed by atoms with van der Waals surface area (Å²) in [5.74, 6) is 0.782. The van der Waals surface area contributed by atoms with Crippen LogP contribution >= 0.6 is 0 Å². The number of nitrogens with one attached hydrogen (secondary N) is 1. The molecular formula is C19H14FN5O. The van der Waals surface area contributed by atoms with Gasteiger partial charge in [-0.1, -0.05) is 12.1 Å². The zero-order valence-corrected chi connectivity index (χ0v) is 13.6. The third kappa shape index (κ3) is 3.41. The predicted octanol–water partition coefficient (Wildman–Crippen LogP) is 3.94.